The zero-order chi connectivity index (χ0) is 18.6. The molecule has 0 radical (unpaired) electrons. The lowest BCUT2D eigenvalue weighted by Crippen LogP contribution is -2.21. The topological polar surface area (TPSA) is 68.8 Å². The van der Waals surface area contributed by atoms with Gasteiger partial charge in [0.05, 0.1) is 19.8 Å². The van der Waals surface area contributed by atoms with Crippen molar-refractivity contribution >= 4 is 17.3 Å². The minimum Gasteiger partial charge on any atom is -0.494 e. The lowest BCUT2D eigenvalue weighted by Gasteiger charge is -2.10. The Kier molecular flexibility index (Phi) is 8.29. The third-order valence-corrected chi connectivity index (χ3v) is 3.44. The van der Waals surface area contributed by atoms with Gasteiger partial charge in [0.2, 0.25) is 5.91 Å². The molecule has 26 heavy (non-hydrogen) atoms. The van der Waals surface area contributed by atoms with Crippen LogP contribution in [0.5, 0.6) is 11.5 Å². The maximum Gasteiger partial charge on any atom is 0.243 e. The van der Waals surface area contributed by atoms with Crippen LogP contribution in [0, 0.1) is 0 Å². The summed E-state index contributed by atoms with van der Waals surface area (Å²) in [6, 6.07) is 14.8. The van der Waals surface area contributed by atoms with Crippen molar-refractivity contribution in [1.29, 1.82) is 0 Å². The van der Waals surface area contributed by atoms with Crippen LogP contribution in [0.1, 0.15) is 13.8 Å². The fourth-order valence-corrected chi connectivity index (χ4v) is 2.25. The Labute approximate surface area is 154 Å². The maximum absolute atomic E-state index is 12.1. The predicted octanol–water partition coefficient (Wildman–Crippen LogP) is 3.55. The number of anilines is 2. The zero-order valence-electron chi connectivity index (χ0n) is 15.3. The zero-order valence-corrected chi connectivity index (χ0v) is 15.3. The summed E-state index contributed by atoms with van der Waals surface area (Å²) in [6.07, 6.45) is 0. The summed E-state index contributed by atoms with van der Waals surface area (Å²) in [4.78, 5) is 12.1. The van der Waals surface area contributed by atoms with Crippen molar-refractivity contribution in [3.05, 3.63) is 48.5 Å². The second-order valence-corrected chi connectivity index (χ2v) is 5.43. The van der Waals surface area contributed by atoms with Gasteiger partial charge in [-0.2, -0.15) is 0 Å². The molecular weight excluding hydrogens is 332 g/mol. The first-order valence-electron chi connectivity index (χ1n) is 8.78. The van der Waals surface area contributed by atoms with Gasteiger partial charge >= 0.3 is 0 Å². The molecule has 6 heteroatoms. The van der Waals surface area contributed by atoms with Crippen molar-refractivity contribution in [3.63, 3.8) is 0 Å². The van der Waals surface area contributed by atoms with Gasteiger partial charge in [-0.1, -0.05) is 6.07 Å². The normalized spacial score (nSPS) is 10.2. The van der Waals surface area contributed by atoms with Gasteiger partial charge in [-0.25, -0.2) is 0 Å². The Morgan fingerprint density at radius 1 is 0.885 bits per heavy atom. The highest BCUT2D eigenvalue weighted by Gasteiger charge is 2.04. The number of amides is 1. The summed E-state index contributed by atoms with van der Waals surface area (Å²) in [5, 5.41) is 5.93. The number of benzene rings is 2. The fraction of sp³-hybridized carbons (Fsp3) is 0.350. The van der Waals surface area contributed by atoms with Crippen LogP contribution in [0.15, 0.2) is 48.5 Å². The fourth-order valence-electron chi connectivity index (χ4n) is 2.25. The Morgan fingerprint density at radius 3 is 2.42 bits per heavy atom. The van der Waals surface area contributed by atoms with E-state index in [2.05, 4.69) is 10.6 Å². The molecule has 2 rings (SSSR count). The molecule has 1 amide bonds. The van der Waals surface area contributed by atoms with E-state index in [-0.39, 0.29) is 12.5 Å². The molecule has 0 unspecified atom stereocenters. The molecule has 0 aliphatic carbocycles. The van der Waals surface area contributed by atoms with Crippen LogP contribution in [0.3, 0.4) is 0 Å². The van der Waals surface area contributed by atoms with E-state index in [0.29, 0.717) is 37.9 Å². The van der Waals surface area contributed by atoms with Crippen molar-refractivity contribution in [2.45, 2.75) is 13.8 Å². The van der Waals surface area contributed by atoms with Gasteiger partial charge in [0.1, 0.15) is 18.1 Å². The third kappa shape index (κ3) is 7.03. The van der Waals surface area contributed by atoms with Gasteiger partial charge in [-0.3, -0.25) is 4.79 Å². The van der Waals surface area contributed by atoms with Gasteiger partial charge in [-0.05, 0) is 50.2 Å². The molecule has 0 saturated heterocycles. The lowest BCUT2D eigenvalue weighted by molar-refractivity contribution is -0.114. The minimum absolute atomic E-state index is 0.134. The molecular formula is C20H26N2O4. The number of nitrogens with one attached hydrogen (secondary N) is 2. The molecule has 0 aliphatic heterocycles. The number of hydrogen-bond donors (Lipinski definition) is 2. The highest BCUT2D eigenvalue weighted by molar-refractivity contribution is 5.93. The summed E-state index contributed by atoms with van der Waals surface area (Å²) in [6.45, 7) is 6.37. The molecule has 0 spiro atoms. The summed E-state index contributed by atoms with van der Waals surface area (Å²) < 4.78 is 16.2. The summed E-state index contributed by atoms with van der Waals surface area (Å²) >= 11 is 0. The highest BCUT2D eigenvalue weighted by Crippen LogP contribution is 2.18. The molecule has 2 aromatic rings. The number of hydrogen-bond acceptors (Lipinski definition) is 5. The quantitative estimate of drug-likeness (QED) is 0.601. The molecule has 140 valence electrons. The van der Waals surface area contributed by atoms with Gasteiger partial charge in [-0.15, -0.1) is 0 Å². The van der Waals surface area contributed by atoms with Crippen molar-refractivity contribution < 1.29 is 19.0 Å². The number of ether oxygens (including phenoxy) is 3. The Morgan fingerprint density at radius 2 is 1.69 bits per heavy atom. The van der Waals surface area contributed by atoms with Crippen molar-refractivity contribution in [3.8, 4) is 11.5 Å². The average Bonchev–Trinajstić information content (AvgIpc) is 2.65. The van der Waals surface area contributed by atoms with E-state index in [9.17, 15) is 4.79 Å². The van der Waals surface area contributed by atoms with Crippen LogP contribution in [0.4, 0.5) is 11.4 Å². The van der Waals surface area contributed by atoms with E-state index < -0.39 is 0 Å². The van der Waals surface area contributed by atoms with Crippen LogP contribution in [-0.4, -0.2) is 38.9 Å². The van der Waals surface area contributed by atoms with E-state index in [1.807, 2.05) is 56.3 Å². The standard InChI is InChI=1S/C20H26N2O4/c1-3-24-12-13-26-19-7-5-6-17(14-19)22-20(23)15-21-16-8-10-18(11-9-16)25-4-2/h5-11,14,21H,3-4,12-13,15H2,1-2H3,(H,22,23). The number of carbonyl (C=O) groups excluding carboxylic acids is 1. The molecule has 0 atom stereocenters. The summed E-state index contributed by atoms with van der Waals surface area (Å²) in [5.74, 6) is 1.37. The van der Waals surface area contributed by atoms with Gasteiger partial charge < -0.3 is 24.8 Å². The third-order valence-electron chi connectivity index (χ3n) is 3.44. The average molecular weight is 358 g/mol. The van der Waals surface area contributed by atoms with E-state index in [4.69, 9.17) is 14.2 Å². The number of rotatable bonds is 11. The lowest BCUT2D eigenvalue weighted by atomic mass is 10.3. The van der Waals surface area contributed by atoms with Crippen LogP contribution in [0.2, 0.25) is 0 Å². The highest BCUT2D eigenvalue weighted by atomic mass is 16.5. The predicted molar refractivity (Wildman–Crippen MR) is 103 cm³/mol. The first kappa shape index (κ1) is 19.6. The molecule has 2 aromatic carbocycles. The van der Waals surface area contributed by atoms with Crippen LogP contribution in [-0.2, 0) is 9.53 Å². The molecule has 0 fully saturated rings. The summed E-state index contributed by atoms with van der Waals surface area (Å²) in [7, 11) is 0. The SMILES string of the molecule is CCOCCOc1cccc(NC(=O)CNc2ccc(OCC)cc2)c1. The molecule has 2 N–H and O–H groups in total. The first-order valence-corrected chi connectivity index (χ1v) is 8.78. The van der Waals surface area contributed by atoms with Crippen LogP contribution in [0.25, 0.3) is 0 Å². The largest absolute Gasteiger partial charge is 0.494 e. The van der Waals surface area contributed by atoms with Crippen molar-refractivity contribution in [1.82, 2.24) is 0 Å². The van der Waals surface area contributed by atoms with E-state index in [1.165, 1.54) is 0 Å². The second-order valence-electron chi connectivity index (χ2n) is 5.43. The molecule has 0 bridgehead atoms. The second kappa shape index (κ2) is 11.0. The monoisotopic (exact) mass is 358 g/mol. The molecule has 0 heterocycles. The van der Waals surface area contributed by atoms with Crippen LogP contribution < -0.4 is 20.1 Å². The molecule has 0 aromatic heterocycles. The van der Waals surface area contributed by atoms with Crippen LogP contribution >= 0.6 is 0 Å². The molecule has 0 aliphatic rings. The molecule has 6 nitrogen and oxygen atoms in total. The first-order chi connectivity index (χ1) is 12.7. The Hall–Kier alpha value is -2.73. The van der Waals surface area contributed by atoms with E-state index in [0.717, 1.165) is 11.4 Å². The maximum atomic E-state index is 12.1. The van der Waals surface area contributed by atoms with Crippen molar-refractivity contribution in [2.24, 2.45) is 0 Å². The van der Waals surface area contributed by atoms with Gasteiger partial charge in [0.15, 0.2) is 0 Å². The Balaban J connectivity index is 1.78. The van der Waals surface area contributed by atoms with E-state index in [1.54, 1.807) is 6.07 Å². The van der Waals surface area contributed by atoms with Crippen molar-refractivity contribution in [2.75, 3.05) is 43.6 Å². The van der Waals surface area contributed by atoms with Gasteiger partial charge in [0, 0.05) is 24.0 Å². The smallest absolute Gasteiger partial charge is 0.243 e. The van der Waals surface area contributed by atoms with E-state index >= 15 is 0 Å². The number of carbonyl (C=O) groups is 1. The Bertz CT molecular complexity index is 674. The minimum atomic E-state index is -0.134. The molecule has 0 saturated carbocycles. The summed E-state index contributed by atoms with van der Waals surface area (Å²) in [5.41, 5.74) is 1.55. The van der Waals surface area contributed by atoms with Gasteiger partial charge in [0.25, 0.3) is 0 Å².